The highest BCUT2D eigenvalue weighted by atomic mass is 35.5. The van der Waals surface area contributed by atoms with E-state index in [1.54, 1.807) is 32.3 Å². The van der Waals surface area contributed by atoms with Crippen LogP contribution < -0.4 is 4.74 Å². The van der Waals surface area contributed by atoms with Gasteiger partial charge in [-0.1, -0.05) is 18.5 Å². The third-order valence-electron chi connectivity index (χ3n) is 7.08. The minimum absolute atomic E-state index is 0.0267. The first kappa shape index (κ1) is 31.6. The Morgan fingerprint density at radius 3 is 2.23 bits per heavy atom. The van der Waals surface area contributed by atoms with E-state index in [2.05, 4.69) is 0 Å². The summed E-state index contributed by atoms with van der Waals surface area (Å²) >= 11 is 6.22. The molecule has 1 aliphatic rings. The molecule has 0 bridgehead atoms. The van der Waals surface area contributed by atoms with Gasteiger partial charge in [-0.05, 0) is 67.9 Å². The smallest absolute Gasteiger partial charge is 0.430 e. The van der Waals surface area contributed by atoms with E-state index in [4.69, 9.17) is 16.3 Å². The summed E-state index contributed by atoms with van der Waals surface area (Å²) in [5.74, 6) is -3.73. The molecule has 1 heterocycles. The van der Waals surface area contributed by atoms with E-state index in [0.717, 1.165) is 17.7 Å². The second kappa shape index (κ2) is 12.7. The van der Waals surface area contributed by atoms with Crippen molar-refractivity contribution in [1.82, 2.24) is 9.80 Å². The molecule has 0 spiro atoms. The Morgan fingerprint density at radius 1 is 1.10 bits per heavy atom. The summed E-state index contributed by atoms with van der Waals surface area (Å²) in [5, 5.41) is 10.8. The minimum atomic E-state index is -5.48. The van der Waals surface area contributed by atoms with Crippen LogP contribution in [-0.4, -0.2) is 66.7 Å². The largest absolute Gasteiger partial charge is 0.493 e. The van der Waals surface area contributed by atoms with E-state index in [1.165, 1.54) is 4.90 Å². The lowest BCUT2D eigenvalue weighted by Gasteiger charge is -2.38. The Labute approximate surface area is 234 Å². The van der Waals surface area contributed by atoms with Crippen LogP contribution in [0.5, 0.6) is 5.75 Å². The Balaban J connectivity index is 1.52. The fourth-order valence-corrected chi connectivity index (χ4v) is 4.92. The van der Waals surface area contributed by atoms with Crippen LogP contribution >= 0.6 is 11.6 Å². The third kappa shape index (κ3) is 7.23. The van der Waals surface area contributed by atoms with Gasteiger partial charge in [-0.15, -0.1) is 0 Å². The number of hydrogen-bond acceptors (Lipinski definition) is 4. The predicted octanol–water partition coefficient (Wildman–Crippen LogP) is 5.80. The van der Waals surface area contributed by atoms with E-state index < -0.39 is 34.9 Å². The van der Waals surface area contributed by atoms with Crippen molar-refractivity contribution in [2.75, 3.05) is 33.8 Å². The van der Waals surface area contributed by atoms with Gasteiger partial charge in [0.05, 0.1) is 17.2 Å². The van der Waals surface area contributed by atoms with Crippen molar-refractivity contribution in [3.63, 3.8) is 0 Å². The molecular weight excluding hydrogens is 559 g/mol. The molecule has 1 fully saturated rings. The molecule has 2 atom stereocenters. The van der Waals surface area contributed by atoms with Crippen molar-refractivity contribution in [2.45, 2.75) is 44.4 Å². The van der Waals surface area contributed by atoms with Gasteiger partial charge in [-0.3, -0.25) is 9.59 Å². The van der Waals surface area contributed by atoms with Crippen LogP contribution in [0.25, 0.3) is 0 Å². The molecule has 2 amide bonds. The van der Waals surface area contributed by atoms with Crippen molar-refractivity contribution < 1.29 is 41.4 Å². The maximum absolute atomic E-state index is 13.9. The first-order valence-electron chi connectivity index (χ1n) is 12.8. The zero-order chi connectivity index (χ0) is 29.8. The monoisotopic (exact) mass is 590 g/mol. The number of rotatable bonds is 9. The van der Waals surface area contributed by atoms with Crippen LogP contribution in [-0.2, 0) is 10.4 Å². The highest BCUT2D eigenvalue weighted by molar-refractivity contribution is 6.34. The van der Waals surface area contributed by atoms with Crippen molar-refractivity contribution in [1.29, 1.82) is 0 Å². The van der Waals surface area contributed by atoms with Crippen LogP contribution in [0.4, 0.5) is 22.0 Å². The van der Waals surface area contributed by atoms with Crippen LogP contribution in [0, 0.1) is 23.5 Å². The SMILES string of the molecule is C[C@@H](CCC1CCN(C(=O)[C@@](O)(c2cc(F)cc(F)c2)C(F)(F)F)CC1)COc1ccc(C(=O)N(C)C)c(Cl)c1. The zero-order valence-electron chi connectivity index (χ0n) is 22.4. The number of benzene rings is 2. The summed E-state index contributed by atoms with van der Waals surface area (Å²) in [6.07, 6.45) is -3.13. The number of aliphatic hydroxyl groups is 1. The molecule has 12 heteroatoms. The molecule has 40 heavy (non-hydrogen) atoms. The summed E-state index contributed by atoms with van der Waals surface area (Å²) in [7, 11) is 3.26. The number of hydrogen-bond donors (Lipinski definition) is 1. The molecular formula is C28H32ClF5N2O4. The highest BCUT2D eigenvalue weighted by Crippen LogP contribution is 2.42. The number of likely N-dealkylation sites (tertiary alicyclic amines) is 1. The molecule has 1 N–H and O–H groups in total. The number of alkyl halides is 3. The van der Waals surface area contributed by atoms with Crippen molar-refractivity contribution in [3.05, 3.63) is 64.2 Å². The fourth-order valence-electron chi connectivity index (χ4n) is 4.67. The van der Waals surface area contributed by atoms with Gasteiger partial charge < -0.3 is 19.6 Å². The first-order chi connectivity index (χ1) is 18.6. The standard InChI is InChI=1S/C28H32ClF5N2O4/c1-17(16-40-22-6-7-23(24(29)15-22)25(37)35(2)3)4-5-18-8-10-36(11-9-18)26(38)27(39,28(32,33)34)19-12-20(30)14-21(31)13-19/h6-7,12-15,17-18,39H,4-5,8-11,16H2,1-3H3/t17-,27-/m0/s1. The van der Waals surface area contributed by atoms with Gasteiger partial charge in [0.15, 0.2) is 0 Å². The minimum Gasteiger partial charge on any atom is -0.493 e. The summed E-state index contributed by atoms with van der Waals surface area (Å²) < 4.78 is 74.7. The zero-order valence-corrected chi connectivity index (χ0v) is 23.2. The lowest BCUT2D eigenvalue weighted by molar-refractivity contribution is -0.262. The molecule has 0 unspecified atom stereocenters. The average molecular weight is 591 g/mol. The van der Waals surface area contributed by atoms with E-state index in [-0.39, 0.29) is 35.9 Å². The van der Waals surface area contributed by atoms with Gasteiger partial charge in [-0.25, -0.2) is 8.78 Å². The Kier molecular flexibility index (Phi) is 10.1. The third-order valence-corrected chi connectivity index (χ3v) is 7.39. The first-order valence-corrected chi connectivity index (χ1v) is 13.2. The lowest BCUT2D eigenvalue weighted by atomic mass is 9.87. The van der Waals surface area contributed by atoms with Gasteiger partial charge in [-0.2, -0.15) is 13.2 Å². The quantitative estimate of drug-likeness (QED) is 0.375. The molecule has 2 aromatic rings. The normalized spacial score (nSPS) is 16.8. The van der Waals surface area contributed by atoms with Gasteiger partial charge >= 0.3 is 6.18 Å². The Morgan fingerprint density at radius 2 is 1.70 bits per heavy atom. The van der Waals surface area contributed by atoms with E-state index in [0.29, 0.717) is 49.0 Å². The molecule has 1 saturated heterocycles. The fraction of sp³-hybridized carbons (Fsp3) is 0.500. The van der Waals surface area contributed by atoms with Crippen LogP contribution in [0.1, 0.15) is 48.5 Å². The number of carbonyl (C=O) groups excluding carboxylic acids is 2. The molecule has 0 saturated carbocycles. The Hall–Kier alpha value is -2.92. The molecule has 0 aliphatic carbocycles. The second-order valence-corrected chi connectivity index (χ2v) is 10.8. The summed E-state index contributed by atoms with van der Waals surface area (Å²) in [4.78, 5) is 27.3. The summed E-state index contributed by atoms with van der Waals surface area (Å²) in [6, 6.07) is 5.85. The van der Waals surface area contributed by atoms with Gasteiger partial charge in [0.2, 0.25) is 0 Å². The Bertz CT molecular complexity index is 1200. The maximum atomic E-state index is 13.9. The van der Waals surface area contributed by atoms with Crippen molar-refractivity contribution >= 4 is 23.4 Å². The number of piperidine rings is 1. The number of carbonyl (C=O) groups is 2. The van der Waals surface area contributed by atoms with Crippen molar-refractivity contribution in [2.24, 2.45) is 11.8 Å². The number of ether oxygens (including phenoxy) is 1. The molecule has 2 aromatic carbocycles. The molecule has 3 rings (SSSR count). The number of amides is 2. The summed E-state index contributed by atoms with van der Waals surface area (Å²) in [6.45, 7) is 2.32. The van der Waals surface area contributed by atoms with Crippen LogP contribution in [0.3, 0.4) is 0 Å². The lowest BCUT2D eigenvalue weighted by Crippen LogP contribution is -2.57. The molecule has 0 aromatic heterocycles. The van der Waals surface area contributed by atoms with Crippen LogP contribution in [0.15, 0.2) is 36.4 Å². The second-order valence-electron chi connectivity index (χ2n) is 10.4. The van der Waals surface area contributed by atoms with Gasteiger partial charge in [0.1, 0.15) is 17.4 Å². The van der Waals surface area contributed by atoms with E-state index in [1.807, 2.05) is 6.92 Å². The van der Waals surface area contributed by atoms with Crippen LogP contribution in [0.2, 0.25) is 5.02 Å². The molecule has 1 aliphatic heterocycles. The molecule has 0 radical (unpaired) electrons. The number of nitrogens with zero attached hydrogens (tertiary/aromatic N) is 2. The molecule has 220 valence electrons. The van der Waals surface area contributed by atoms with Crippen molar-refractivity contribution in [3.8, 4) is 5.75 Å². The molecule has 6 nitrogen and oxygen atoms in total. The summed E-state index contributed by atoms with van der Waals surface area (Å²) in [5.41, 5.74) is -4.89. The maximum Gasteiger partial charge on any atom is 0.430 e. The van der Waals surface area contributed by atoms with Gasteiger partial charge in [0.25, 0.3) is 17.4 Å². The van der Waals surface area contributed by atoms with Gasteiger partial charge in [0, 0.05) is 38.8 Å². The highest BCUT2D eigenvalue weighted by Gasteiger charge is 2.62. The average Bonchev–Trinajstić information content (AvgIpc) is 2.88. The van der Waals surface area contributed by atoms with E-state index >= 15 is 0 Å². The number of halogens is 6. The van der Waals surface area contributed by atoms with E-state index in [9.17, 15) is 36.6 Å². The topological polar surface area (TPSA) is 70.1 Å². The predicted molar refractivity (Wildman–Crippen MR) is 139 cm³/mol.